The maximum atomic E-state index is 14.7. The predicted octanol–water partition coefficient (Wildman–Crippen LogP) is 9.53. The van der Waals surface area contributed by atoms with Gasteiger partial charge in [-0.2, -0.15) is 0 Å². The number of rotatable bonds is 23. The van der Waals surface area contributed by atoms with Crippen molar-refractivity contribution in [3.63, 3.8) is 0 Å². The maximum absolute atomic E-state index is 14.7. The van der Waals surface area contributed by atoms with Crippen molar-refractivity contribution < 1.29 is 42.5 Å². The first kappa shape index (κ1) is 39.2. The molecule has 3 rings (SSSR count). The number of benzene rings is 3. The highest BCUT2D eigenvalue weighted by Crippen LogP contribution is 2.24. The Morgan fingerprint density at radius 1 is 0.633 bits per heavy atom. The Bertz CT molecular complexity index is 1420. The van der Waals surface area contributed by atoms with Gasteiger partial charge in [-0.15, -0.1) is 0 Å². The van der Waals surface area contributed by atoms with Gasteiger partial charge in [-0.1, -0.05) is 95.9 Å². The molecule has 0 bridgehead atoms. The van der Waals surface area contributed by atoms with E-state index in [-0.39, 0.29) is 24.5 Å². The van der Waals surface area contributed by atoms with E-state index in [9.17, 15) is 18.8 Å². The highest BCUT2D eigenvalue weighted by Gasteiger charge is 2.23. The van der Waals surface area contributed by atoms with E-state index in [0.29, 0.717) is 13.2 Å². The number of carbonyl (C=O) groups excluding carboxylic acids is 3. The Kier molecular flexibility index (Phi) is 17.9. The van der Waals surface area contributed by atoms with E-state index in [0.717, 1.165) is 41.9 Å². The summed E-state index contributed by atoms with van der Waals surface area (Å²) in [6.45, 7) is 7.02. The first-order valence-electron chi connectivity index (χ1n) is 17.6. The third kappa shape index (κ3) is 14.4. The quantitative estimate of drug-likeness (QED) is 0.0556. The zero-order valence-corrected chi connectivity index (χ0v) is 29.2. The Hall–Kier alpha value is -4.24. The molecule has 3 aromatic rings. The minimum atomic E-state index is -1.25. The van der Waals surface area contributed by atoms with Gasteiger partial charge < -0.3 is 23.7 Å². The molecule has 0 heterocycles. The van der Waals surface area contributed by atoms with E-state index < -0.39 is 35.4 Å². The minimum Gasteiger partial charge on any atom is -0.494 e. The van der Waals surface area contributed by atoms with Crippen LogP contribution < -0.4 is 9.47 Å². The number of unbranched alkanes of at least 4 members (excludes halogenated alkanes) is 9. The maximum Gasteiger partial charge on any atom is 0.347 e. The molecule has 0 saturated heterocycles. The molecule has 0 saturated carbocycles. The number of ether oxygens (including phenoxy) is 5. The number of hydrogen-bond donors (Lipinski definition) is 0. The summed E-state index contributed by atoms with van der Waals surface area (Å²) in [5.41, 5.74) is 1.75. The van der Waals surface area contributed by atoms with E-state index in [1.807, 2.05) is 31.2 Å². The van der Waals surface area contributed by atoms with Crippen LogP contribution in [0, 0.1) is 5.82 Å². The van der Waals surface area contributed by atoms with Crippen LogP contribution in [-0.4, -0.2) is 50.4 Å². The van der Waals surface area contributed by atoms with Crippen molar-refractivity contribution in [2.75, 3.05) is 26.4 Å². The number of halogens is 1. The molecule has 0 N–H and O–H groups in total. The average Bonchev–Trinajstić information content (AvgIpc) is 3.10. The molecule has 49 heavy (non-hydrogen) atoms. The van der Waals surface area contributed by atoms with Crippen LogP contribution >= 0.6 is 0 Å². The van der Waals surface area contributed by atoms with Gasteiger partial charge in [0.15, 0.2) is 6.10 Å². The van der Waals surface area contributed by atoms with Crippen LogP contribution in [0.4, 0.5) is 4.39 Å². The molecule has 0 radical (unpaired) electrons. The van der Waals surface area contributed by atoms with Crippen LogP contribution in [-0.2, 0) is 19.0 Å². The smallest absolute Gasteiger partial charge is 0.347 e. The van der Waals surface area contributed by atoms with Crippen LogP contribution in [0.15, 0.2) is 66.7 Å². The Morgan fingerprint density at radius 3 is 1.84 bits per heavy atom. The molecule has 0 spiro atoms. The van der Waals surface area contributed by atoms with Gasteiger partial charge in [-0.3, -0.25) is 0 Å². The van der Waals surface area contributed by atoms with Gasteiger partial charge in [-0.05, 0) is 67.3 Å². The molecular weight excluding hydrogens is 627 g/mol. The van der Waals surface area contributed by atoms with Gasteiger partial charge in [-0.25, -0.2) is 18.8 Å². The highest BCUT2D eigenvalue weighted by atomic mass is 19.1. The first-order chi connectivity index (χ1) is 23.8. The second-order valence-corrected chi connectivity index (χ2v) is 12.0. The Labute approximate surface area is 290 Å². The third-order valence-electron chi connectivity index (χ3n) is 7.88. The van der Waals surface area contributed by atoms with Crippen molar-refractivity contribution in [3.05, 3.63) is 83.7 Å². The second kappa shape index (κ2) is 22.4. The zero-order chi connectivity index (χ0) is 35.3. The SMILES string of the molecule is CCCCCCCCCCCCOc1ccc(-c2ccc(C(=O)Oc3ccc(C(=O)O[C@@H](C)C(=O)OCCOCCC)c(F)c3)cc2)cc1. The topological polar surface area (TPSA) is 97.4 Å². The molecule has 0 aromatic heterocycles. The monoisotopic (exact) mass is 678 g/mol. The molecule has 0 amide bonds. The standard InChI is InChI=1S/C40H51FO8/c1-4-6-7-8-9-10-11-12-13-14-26-46-34-21-19-32(20-22-34)31-15-17-33(18-16-31)39(43)49-35-23-24-36(37(41)29-35)40(44)48-30(3)38(42)47-28-27-45-25-5-2/h15-24,29-30H,4-14,25-28H2,1-3H3/t30-/m0/s1. The van der Waals surface area contributed by atoms with Gasteiger partial charge in [0, 0.05) is 12.7 Å². The van der Waals surface area contributed by atoms with Crippen LogP contribution in [0.5, 0.6) is 11.5 Å². The van der Waals surface area contributed by atoms with Crippen molar-refractivity contribution >= 4 is 17.9 Å². The summed E-state index contributed by atoms with van der Waals surface area (Å²) in [5, 5.41) is 0. The molecule has 0 unspecified atom stereocenters. The Balaban J connectivity index is 1.40. The summed E-state index contributed by atoms with van der Waals surface area (Å²) in [6, 6.07) is 18.0. The number of carbonyl (C=O) groups is 3. The van der Waals surface area contributed by atoms with Crippen molar-refractivity contribution in [1.29, 1.82) is 0 Å². The van der Waals surface area contributed by atoms with Gasteiger partial charge in [0.05, 0.1) is 24.3 Å². The van der Waals surface area contributed by atoms with Crippen LogP contribution in [0.1, 0.15) is 112 Å². The van der Waals surface area contributed by atoms with Gasteiger partial charge in [0.1, 0.15) is 23.9 Å². The summed E-state index contributed by atoms with van der Waals surface area (Å²) >= 11 is 0. The molecular formula is C40H51FO8. The van der Waals surface area contributed by atoms with E-state index >= 15 is 0 Å². The fourth-order valence-corrected chi connectivity index (χ4v) is 5.05. The average molecular weight is 679 g/mol. The fourth-order valence-electron chi connectivity index (χ4n) is 5.05. The molecule has 266 valence electrons. The highest BCUT2D eigenvalue weighted by molar-refractivity contribution is 5.93. The van der Waals surface area contributed by atoms with E-state index in [2.05, 4.69) is 6.92 Å². The van der Waals surface area contributed by atoms with Crippen LogP contribution in [0.2, 0.25) is 0 Å². The molecule has 0 fully saturated rings. The summed E-state index contributed by atoms with van der Waals surface area (Å²) in [7, 11) is 0. The summed E-state index contributed by atoms with van der Waals surface area (Å²) < 4.78 is 41.3. The first-order valence-corrected chi connectivity index (χ1v) is 17.6. The van der Waals surface area contributed by atoms with Crippen molar-refractivity contribution in [2.24, 2.45) is 0 Å². The van der Waals surface area contributed by atoms with E-state index in [1.165, 1.54) is 70.8 Å². The normalized spacial score (nSPS) is 11.5. The van der Waals surface area contributed by atoms with Crippen molar-refractivity contribution in [1.82, 2.24) is 0 Å². The lowest BCUT2D eigenvalue weighted by Crippen LogP contribution is -2.27. The predicted molar refractivity (Wildman–Crippen MR) is 188 cm³/mol. The molecule has 1 atom stereocenters. The second-order valence-electron chi connectivity index (χ2n) is 12.0. The zero-order valence-electron chi connectivity index (χ0n) is 29.2. The summed E-state index contributed by atoms with van der Waals surface area (Å²) in [6.07, 6.45) is 12.5. The largest absolute Gasteiger partial charge is 0.494 e. The molecule has 9 heteroatoms. The molecule has 0 aliphatic carbocycles. The molecule has 0 aliphatic heterocycles. The van der Waals surface area contributed by atoms with Gasteiger partial charge >= 0.3 is 17.9 Å². The lowest BCUT2D eigenvalue weighted by atomic mass is 10.0. The van der Waals surface area contributed by atoms with Crippen molar-refractivity contribution in [2.45, 2.75) is 97.5 Å². The number of hydrogen-bond acceptors (Lipinski definition) is 8. The molecule has 3 aromatic carbocycles. The lowest BCUT2D eigenvalue weighted by Gasteiger charge is -2.13. The number of esters is 3. The van der Waals surface area contributed by atoms with Crippen LogP contribution in [0.3, 0.4) is 0 Å². The third-order valence-corrected chi connectivity index (χ3v) is 7.88. The van der Waals surface area contributed by atoms with Gasteiger partial charge in [0.2, 0.25) is 0 Å². The minimum absolute atomic E-state index is 0.0138. The van der Waals surface area contributed by atoms with E-state index in [4.69, 9.17) is 23.7 Å². The molecule has 0 aliphatic rings. The lowest BCUT2D eigenvalue weighted by molar-refractivity contribution is -0.154. The Morgan fingerprint density at radius 2 is 1.22 bits per heavy atom. The summed E-state index contributed by atoms with van der Waals surface area (Å²) in [4.78, 5) is 37.2. The molecule has 8 nitrogen and oxygen atoms in total. The van der Waals surface area contributed by atoms with E-state index in [1.54, 1.807) is 24.3 Å². The van der Waals surface area contributed by atoms with Crippen LogP contribution in [0.25, 0.3) is 11.1 Å². The summed E-state index contributed by atoms with van der Waals surface area (Å²) in [5.74, 6) is -2.73. The fraction of sp³-hybridized carbons (Fsp3) is 0.475. The van der Waals surface area contributed by atoms with Crippen molar-refractivity contribution in [3.8, 4) is 22.6 Å². The van der Waals surface area contributed by atoms with Gasteiger partial charge in [0.25, 0.3) is 0 Å².